The van der Waals surface area contributed by atoms with Crippen molar-refractivity contribution >= 4 is 39.2 Å². The van der Waals surface area contributed by atoms with Gasteiger partial charge in [-0.3, -0.25) is 24.7 Å². The number of nitro benzene ring substituents is 1. The van der Waals surface area contributed by atoms with Crippen molar-refractivity contribution in [2.45, 2.75) is 0 Å². The largest absolute Gasteiger partial charge is 0.452 e. The molecule has 3 N–H and O–H groups in total. The van der Waals surface area contributed by atoms with Crippen molar-refractivity contribution in [3.8, 4) is 0 Å². The molecule has 1 heterocycles. The van der Waals surface area contributed by atoms with E-state index in [1.165, 1.54) is 18.2 Å². The van der Waals surface area contributed by atoms with Gasteiger partial charge in [-0.05, 0) is 22.0 Å². The average Bonchev–Trinajstić information content (AvgIpc) is 2.54. The highest BCUT2D eigenvalue weighted by atomic mass is 79.9. The lowest BCUT2D eigenvalue weighted by atomic mass is 10.3. The van der Waals surface area contributed by atoms with E-state index in [0.717, 1.165) is 6.20 Å². The molecule has 1 aromatic heterocycles. The van der Waals surface area contributed by atoms with Crippen molar-refractivity contribution in [1.82, 2.24) is 9.97 Å². The Bertz CT molecular complexity index is 965. The van der Waals surface area contributed by atoms with Crippen LogP contribution < -0.4 is 16.6 Å². The molecule has 2 aromatic rings. The highest BCUT2D eigenvalue weighted by molar-refractivity contribution is 9.10. The van der Waals surface area contributed by atoms with Crippen molar-refractivity contribution in [3.05, 3.63) is 65.4 Å². The molecule has 2 rings (SSSR count). The van der Waals surface area contributed by atoms with Gasteiger partial charge in [0, 0.05) is 22.8 Å². The fourth-order valence-electron chi connectivity index (χ4n) is 1.68. The van der Waals surface area contributed by atoms with Crippen LogP contribution in [-0.4, -0.2) is 33.4 Å². The number of esters is 1. The number of carbonyl (C=O) groups is 2. The van der Waals surface area contributed by atoms with Crippen LogP contribution in [0.5, 0.6) is 0 Å². The molecule has 0 aliphatic carbocycles. The Hall–Kier alpha value is -3.28. The number of amides is 1. The predicted octanol–water partition coefficient (Wildman–Crippen LogP) is 0.529. The number of nitro groups is 1. The normalized spacial score (nSPS) is 10.1. The maximum atomic E-state index is 11.8. The minimum absolute atomic E-state index is 0.173. The number of H-pyrrole nitrogens is 2. The van der Waals surface area contributed by atoms with Gasteiger partial charge in [0.05, 0.1) is 10.6 Å². The van der Waals surface area contributed by atoms with Crippen LogP contribution >= 0.6 is 15.9 Å². The summed E-state index contributed by atoms with van der Waals surface area (Å²) >= 11 is 3.07. The molecular formula is C13H9BrN4O7. The first-order valence-corrected chi connectivity index (χ1v) is 7.30. The van der Waals surface area contributed by atoms with Crippen molar-refractivity contribution in [1.29, 1.82) is 0 Å². The Morgan fingerprint density at radius 2 is 2.04 bits per heavy atom. The van der Waals surface area contributed by atoms with Gasteiger partial charge in [-0.2, -0.15) is 0 Å². The number of halogens is 1. The Kier molecular flexibility index (Phi) is 5.44. The Labute approximate surface area is 146 Å². The van der Waals surface area contributed by atoms with E-state index in [0.29, 0.717) is 0 Å². The molecule has 1 aromatic carbocycles. The summed E-state index contributed by atoms with van der Waals surface area (Å²) < 4.78 is 4.93. The van der Waals surface area contributed by atoms with Crippen LogP contribution in [0, 0.1) is 10.1 Å². The smallest absolute Gasteiger partial charge is 0.345 e. The summed E-state index contributed by atoms with van der Waals surface area (Å²) in [6.45, 7) is -0.708. The third-order valence-corrected chi connectivity index (χ3v) is 3.47. The maximum absolute atomic E-state index is 11.8. The van der Waals surface area contributed by atoms with Gasteiger partial charge in [0.15, 0.2) is 6.61 Å². The second-order valence-corrected chi connectivity index (χ2v) is 5.39. The molecule has 0 atom stereocenters. The van der Waals surface area contributed by atoms with Crippen molar-refractivity contribution in [2.24, 2.45) is 0 Å². The van der Waals surface area contributed by atoms with Crippen LogP contribution in [0.25, 0.3) is 0 Å². The molecule has 11 nitrogen and oxygen atoms in total. The van der Waals surface area contributed by atoms with Gasteiger partial charge in [0.1, 0.15) is 5.56 Å². The van der Waals surface area contributed by atoms with Gasteiger partial charge in [-0.1, -0.05) is 0 Å². The SMILES string of the molecule is O=C(COC(=O)c1c[nH]c(=O)[nH]c1=O)Nc1ccc([N+](=O)[O-])cc1Br. The molecule has 0 bridgehead atoms. The molecule has 1 amide bonds. The molecule has 0 spiro atoms. The molecule has 0 saturated heterocycles. The topological polar surface area (TPSA) is 164 Å². The monoisotopic (exact) mass is 412 g/mol. The zero-order chi connectivity index (χ0) is 18.6. The zero-order valence-corrected chi connectivity index (χ0v) is 13.8. The van der Waals surface area contributed by atoms with Crippen LogP contribution in [0.3, 0.4) is 0 Å². The number of carbonyl (C=O) groups excluding carboxylic acids is 2. The van der Waals surface area contributed by atoms with Crippen LogP contribution in [0.1, 0.15) is 10.4 Å². The third kappa shape index (κ3) is 4.60. The molecule has 12 heteroatoms. The van der Waals surface area contributed by atoms with E-state index in [4.69, 9.17) is 0 Å². The average molecular weight is 413 g/mol. The summed E-state index contributed by atoms with van der Waals surface area (Å²) in [7, 11) is 0. The summed E-state index contributed by atoms with van der Waals surface area (Å²) in [5.74, 6) is -1.83. The minimum Gasteiger partial charge on any atom is -0.452 e. The number of hydrogen-bond acceptors (Lipinski definition) is 7. The van der Waals surface area contributed by atoms with Crippen LogP contribution in [0.2, 0.25) is 0 Å². The lowest BCUT2D eigenvalue weighted by Crippen LogP contribution is -2.29. The number of benzene rings is 1. The van der Waals surface area contributed by atoms with Gasteiger partial charge in [0.2, 0.25) is 0 Å². The first-order valence-electron chi connectivity index (χ1n) is 6.51. The van der Waals surface area contributed by atoms with Crippen molar-refractivity contribution < 1.29 is 19.2 Å². The van der Waals surface area contributed by atoms with E-state index in [1.54, 1.807) is 0 Å². The molecule has 0 fully saturated rings. The van der Waals surface area contributed by atoms with Gasteiger partial charge in [-0.15, -0.1) is 0 Å². The zero-order valence-electron chi connectivity index (χ0n) is 12.2. The van der Waals surface area contributed by atoms with Gasteiger partial charge in [-0.25, -0.2) is 9.59 Å². The first-order chi connectivity index (χ1) is 11.8. The Balaban J connectivity index is 1.99. The lowest BCUT2D eigenvalue weighted by molar-refractivity contribution is -0.384. The molecule has 130 valence electrons. The van der Waals surface area contributed by atoms with E-state index < -0.39 is 40.2 Å². The minimum atomic E-state index is -1.10. The van der Waals surface area contributed by atoms with E-state index in [1.807, 2.05) is 4.98 Å². The molecule has 25 heavy (non-hydrogen) atoms. The van der Waals surface area contributed by atoms with E-state index >= 15 is 0 Å². The number of anilines is 1. The number of aromatic amines is 2. The van der Waals surface area contributed by atoms with Gasteiger partial charge < -0.3 is 15.0 Å². The van der Waals surface area contributed by atoms with Crippen LogP contribution in [0.4, 0.5) is 11.4 Å². The number of hydrogen-bond donors (Lipinski definition) is 3. The van der Waals surface area contributed by atoms with Crippen LogP contribution in [-0.2, 0) is 9.53 Å². The Morgan fingerprint density at radius 1 is 1.32 bits per heavy atom. The van der Waals surface area contributed by atoms with Crippen molar-refractivity contribution in [2.75, 3.05) is 11.9 Å². The second-order valence-electron chi connectivity index (χ2n) is 4.53. The summed E-state index contributed by atoms with van der Waals surface area (Å²) in [6.07, 6.45) is 0.869. The van der Waals surface area contributed by atoms with E-state index in [2.05, 4.69) is 31.0 Å². The van der Waals surface area contributed by atoms with Gasteiger partial charge in [0.25, 0.3) is 17.2 Å². The second kappa shape index (κ2) is 7.53. The summed E-state index contributed by atoms with van der Waals surface area (Å²) in [6, 6.07) is 3.68. The van der Waals surface area contributed by atoms with Crippen LogP contribution in [0.15, 0.2) is 38.5 Å². The number of rotatable bonds is 5. The maximum Gasteiger partial charge on any atom is 0.345 e. The highest BCUT2D eigenvalue weighted by Crippen LogP contribution is 2.26. The van der Waals surface area contributed by atoms with E-state index in [9.17, 15) is 29.3 Å². The molecule has 0 saturated carbocycles. The molecule has 0 unspecified atom stereocenters. The number of nitrogens with zero attached hydrogens (tertiary/aromatic N) is 1. The summed E-state index contributed by atoms with van der Waals surface area (Å²) in [5.41, 5.74) is -2.15. The first kappa shape index (κ1) is 18.1. The third-order valence-electron chi connectivity index (χ3n) is 2.81. The summed E-state index contributed by atoms with van der Waals surface area (Å²) in [5, 5.41) is 13.0. The number of ether oxygens (including phenoxy) is 1. The quantitative estimate of drug-likeness (QED) is 0.365. The summed E-state index contributed by atoms with van der Waals surface area (Å²) in [4.78, 5) is 59.7. The molecule has 0 radical (unpaired) electrons. The fraction of sp³-hybridized carbons (Fsp3) is 0.0769. The highest BCUT2D eigenvalue weighted by Gasteiger charge is 2.16. The van der Waals surface area contributed by atoms with E-state index in [-0.39, 0.29) is 15.8 Å². The number of aromatic nitrogens is 2. The van der Waals surface area contributed by atoms with Gasteiger partial charge >= 0.3 is 11.7 Å². The number of non-ortho nitro benzene ring substituents is 1. The standard InChI is InChI=1S/C13H9BrN4O7/c14-8-3-6(18(23)24)1-2-9(8)16-10(19)5-25-12(21)7-4-15-13(22)17-11(7)20/h1-4H,5H2,(H,16,19)(H2,15,17,20,22). The lowest BCUT2D eigenvalue weighted by Gasteiger charge is -2.08. The fourth-order valence-corrected chi connectivity index (χ4v) is 2.14. The number of nitrogens with one attached hydrogen (secondary N) is 3. The predicted molar refractivity (Wildman–Crippen MR) is 87.4 cm³/mol. The molecule has 0 aliphatic rings. The Morgan fingerprint density at radius 3 is 2.64 bits per heavy atom. The molecule has 0 aliphatic heterocycles. The molecular weight excluding hydrogens is 404 g/mol. The van der Waals surface area contributed by atoms with Crippen molar-refractivity contribution in [3.63, 3.8) is 0 Å².